The van der Waals surface area contributed by atoms with Crippen LogP contribution in [0.3, 0.4) is 0 Å². The van der Waals surface area contributed by atoms with Crippen molar-refractivity contribution in [3.63, 3.8) is 0 Å². The summed E-state index contributed by atoms with van der Waals surface area (Å²) in [6.45, 7) is 0.889. The highest BCUT2D eigenvalue weighted by Gasteiger charge is 2.29. The van der Waals surface area contributed by atoms with Gasteiger partial charge in [0.05, 0.1) is 40.7 Å². The quantitative estimate of drug-likeness (QED) is 0.255. The zero-order chi connectivity index (χ0) is 35.1. The Kier molecular flexibility index (Phi) is 7.24. The lowest BCUT2D eigenvalue weighted by molar-refractivity contribution is 0.0567. The van der Waals surface area contributed by atoms with Gasteiger partial charge in [-0.2, -0.15) is 0 Å². The number of aromatic nitrogens is 4. The SMILES string of the molecule is CNC(=O)c1c(-n2ccccc2=O)oc2cc(N(C)S(C)(=O)=O)c(-c3ccc4nc(CN5CC(F)C5)n5c6cccc(F)c6cc5c4n3)cc12. The maximum absolute atomic E-state index is 15.1. The molecule has 15 heteroatoms. The topological polar surface area (TPSA) is 135 Å². The van der Waals surface area contributed by atoms with E-state index in [1.54, 1.807) is 48.5 Å². The molecule has 0 radical (unpaired) electrons. The number of furan rings is 1. The van der Waals surface area contributed by atoms with E-state index in [1.165, 1.54) is 43.1 Å². The van der Waals surface area contributed by atoms with Crippen molar-refractivity contribution in [1.82, 2.24) is 29.2 Å². The van der Waals surface area contributed by atoms with Crippen LogP contribution in [0.25, 0.3) is 55.6 Å². The summed E-state index contributed by atoms with van der Waals surface area (Å²) >= 11 is 0. The number of nitrogens with one attached hydrogen (secondary N) is 1. The van der Waals surface area contributed by atoms with Gasteiger partial charge in [0, 0.05) is 61.9 Å². The molecule has 0 saturated carbocycles. The molecule has 1 aliphatic heterocycles. The van der Waals surface area contributed by atoms with Crippen molar-refractivity contribution in [3.05, 3.63) is 100 Å². The molecule has 1 saturated heterocycles. The van der Waals surface area contributed by atoms with Crippen LogP contribution in [0.5, 0.6) is 0 Å². The Morgan fingerprint density at radius 1 is 1.04 bits per heavy atom. The third-order valence-electron chi connectivity index (χ3n) is 9.09. The second-order valence-corrected chi connectivity index (χ2v) is 14.3. The van der Waals surface area contributed by atoms with E-state index >= 15 is 4.39 Å². The molecule has 12 nitrogen and oxygen atoms in total. The van der Waals surface area contributed by atoms with Crippen molar-refractivity contribution in [2.45, 2.75) is 12.7 Å². The number of anilines is 1. The minimum atomic E-state index is -3.82. The molecule has 0 aliphatic carbocycles. The number of nitrogens with zero attached hydrogens (tertiary/aromatic N) is 6. The molecule has 50 heavy (non-hydrogen) atoms. The summed E-state index contributed by atoms with van der Waals surface area (Å²) in [6, 6.07) is 17.5. The molecule has 1 aliphatic rings. The van der Waals surface area contributed by atoms with Gasteiger partial charge in [0.1, 0.15) is 34.5 Å². The number of alkyl halides is 1. The smallest absolute Gasteiger partial charge is 0.257 e. The monoisotopic (exact) mass is 697 g/mol. The molecule has 0 bridgehead atoms. The van der Waals surface area contributed by atoms with Crippen LogP contribution in [0.1, 0.15) is 16.2 Å². The molecule has 254 valence electrons. The van der Waals surface area contributed by atoms with Gasteiger partial charge in [-0.1, -0.05) is 12.1 Å². The summed E-state index contributed by atoms with van der Waals surface area (Å²) in [5.74, 6) is -0.404. The second-order valence-electron chi connectivity index (χ2n) is 12.3. The first-order valence-corrected chi connectivity index (χ1v) is 17.5. The van der Waals surface area contributed by atoms with E-state index < -0.39 is 33.5 Å². The van der Waals surface area contributed by atoms with Crippen LogP contribution in [-0.2, 0) is 16.6 Å². The molecule has 5 aromatic heterocycles. The summed E-state index contributed by atoms with van der Waals surface area (Å²) < 4.78 is 64.9. The highest BCUT2D eigenvalue weighted by Crippen LogP contribution is 2.40. The average molecular weight is 698 g/mol. The molecule has 7 aromatic rings. The van der Waals surface area contributed by atoms with Gasteiger partial charge >= 0.3 is 0 Å². The number of pyridine rings is 2. The van der Waals surface area contributed by atoms with Crippen LogP contribution in [0.2, 0.25) is 0 Å². The molecular formula is C35H29F2N7O5S. The van der Waals surface area contributed by atoms with Crippen molar-refractivity contribution in [3.8, 4) is 17.1 Å². The lowest BCUT2D eigenvalue weighted by Gasteiger charge is -2.34. The van der Waals surface area contributed by atoms with Crippen LogP contribution in [0.15, 0.2) is 82.1 Å². The van der Waals surface area contributed by atoms with Gasteiger partial charge < -0.3 is 9.73 Å². The van der Waals surface area contributed by atoms with Crippen LogP contribution in [-0.4, -0.2) is 77.8 Å². The number of hydrogen-bond donors (Lipinski definition) is 1. The predicted molar refractivity (Wildman–Crippen MR) is 186 cm³/mol. The van der Waals surface area contributed by atoms with Crippen LogP contribution in [0.4, 0.5) is 14.5 Å². The Balaban J connectivity index is 1.41. The minimum Gasteiger partial charge on any atom is -0.439 e. The van der Waals surface area contributed by atoms with Crippen molar-refractivity contribution in [2.75, 3.05) is 37.7 Å². The second kappa shape index (κ2) is 11.5. The van der Waals surface area contributed by atoms with Crippen molar-refractivity contribution >= 4 is 60.0 Å². The van der Waals surface area contributed by atoms with E-state index in [9.17, 15) is 22.4 Å². The molecule has 0 atom stereocenters. The number of sulfonamides is 1. The van der Waals surface area contributed by atoms with Crippen LogP contribution < -0.4 is 15.2 Å². The molecule has 8 rings (SSSR count). The van der Waals surface area contributed by atoms with Crippen LogP contribution in [0, 0.1) is 5.82 Å². The third kappa shape index (κ3) is 4.99. The minimum absolute atomic E-state index is 0.0387. The van der Waals surface area contributed by atoms with Crippen molar-refractivity contribution in [2.24, 2.45) is 0 Å². The number of carbonyl (C=O) groups is 1. The van der Waals surface area contributed by atoms with Gasteiger partial charge in [-0.05, 0) is 42.5 Å². The standard InChI is InChI=1S/C35H29F2N7O5S/c1-38-34(46)32-22-13-21(27(41(2)50(3,47)48)15-29(22)49-35(32)43-12-5-4-9-31(43)45)24-10-11-25-33(40-24)28-14-20-23(37)7-6-8-26(20)44(28)30(39-25)18-42-16-19(36)17-42/h4-15,19H,16-18H2,1-3H3,(H,38,46). The Morgan fingerprint density at radius 2 is 1.84 bits per heavy atom. The molecule has 0 spiro atoms. The summed E-state index contributed by atoms with van der Waals surface area (Å²) in [4.78, 5) is 37.9. The van der Waals surface area contributed by atoms with Gasteiger partial charge in [-0.3, -0.25) is 27.8 Å². The summed E-state index contributed by atoms with van der Waals surface area (Å²) in [5.41, 5.74) is 2.69. The number of benzene rings is 2. The summed E-state index contributed by atoms with van der Waals surface area (Å²) in [5, 5.41) is 3.27. The maximum atomic E-state index is 15.1. The highest BCUT2D eigenvalue weighted by atomic mass is 32.2. The molecule has 1 fully saturated rings. The highest BCUT2D eigenvalue weighted by molar-refractivity contribution is 7.92. The lowest BCUT2D eigenvalue weighted by atomic mass is 10.0. The number of amides is 1. The predicted octanol–water partition coefficient (Wildman–Crippen LogP) is 4.65. The van der Waals surface area contributed by atoms with Gasteiger partial charge in [-0.15, -0.1) is 0 Å². The third-order valence-corrected chi connectivity index (χ3v) is 10.3. The first-order valence-electron chi connectivity index (χ1n) is 15.6. The van der Waals surface area contributed by atoms with E-state index in [1.807, 2.05) is 9.30 Å². The van der Waals surface area contributed by atoms with Crippen molar-refractivity contribution in [1.29, 1.82) is 0 Å². The number of likely N-dealkylation sites (tertiary alicyclic amines) is 1. The number of carbonyl (C=O) groups excluding carboxylic acids is 1. The van der Waals surface area contributed by atoms with E-state index in [2.05, 4.69) is 5.32 Å². The average Bonchev–Trinajstić information content (AvgIpc) is 3.66. The number of hydrogen-bond acceptors (Lipinski definition) is 8. The lowest BCUT2D eigenvalue weighted by Crippen LogP contribution is -2.47. The Bertz CT molecular complexity index is 2720. The van der Waals surface area contributed by atoms with Crippen LogP contribution >= 0.6 is 0 Å². The molecule has 2 aromatic carbocycles. The zero-order valence-electron chi connectivity index (χ0n) is 27.0. The number of rotatable bonds is 7. The largest absolute Gasteiger partial charge is 0.439 e. The molecule has 0 unspecified atom stereocenters. The Hall–Kier alpha value is -5.67. The first-order chi connectivity index (χ1) is 23.9. The molecule has 1 amide bonds. The Morgan fingerprint density at radius 3 is 2.56 bits per heavy atom. The van der Waals surface area contributed by atoms with Gasteiger partial charge in [0.15, 0.2) is 0 Å². The number of halogens is 2. The molecule has 1 N–H and O–H groups in total. The molecular weight excluding hydrogens is 668 g/mol. The fraction of sp³-hybridized carbons (Fsp3) is 0.200. The van der Waals surface area contributed by atoms with Gasteiger partial charge in [0.2, 0.25) is 15.9 Å². The first kappa shape index (κ1) is 31.6. The van der Waals surface area contributed by atoms with Gasteiger partial charge in [0.25, 0.3) is 11.5 Å². The summed E-state index contributed by atoms with van der Waals surface area (Å²) in [7, 11) is -0.979. The van der Waals surface area contributed by atoms with E-state index in [-0.39, 0.29) is 35.8 Å². The fourth-order valence-corrected chi connectivity index (χ4v) is 7.04. The van der Waals surface area contributed by atoms with E-state index in [0.717, 1.165) is 10.6 Å². The number of fused-ring (bicyclic) bond motifs is 6. The van der Waals surface area contributed by atoms with E-state index in [4.69, 9.17) is 14.4 Å². The summed E-state index contributed by atoms with van der Waals surface area (Å²) in [6.07, 6.45) is 1.62. The Labute approximate surface area is 283 Å². The maximum Gasteiger partial charge on any atom is 0.257 e. The fourth-order valence-electron chi connectivity index (χ4n) is 6.53. The zero-order valence-corrected chi connectivity index (χ0v) is 27.8. The normalized spacial score (nSPS) is 14.2. The van der Waals surface area contributed by atoms with Crippen molar-refractivity contribution < 1.29 is 26.4 Å². The molecule has 6 heterocycles. The van der Waals surface area contributed by atoms with E-state index in [0.29, 0.717) is 56.5 Å². The van der Waals surface area contributed by atoms with Gasteiger partial charge in [-0.25, -0.2) is 27.2 Å².